The molecule has 0 aliphatic carbocycles. The maximum Gasteiger partial charge on any atom is 0.0603 e. The van der Waals surface area contributed by atoms with Gasteiger partial charge in [0, 0.05) is 16.7 Å². The summed E-state index contributed by atoms with van der Waals surface area (Å²) in [6.07, 6.45) is 0. The molecule has 0 fully saturated rings. The monoisotopic (exact) mass is 311 g/mol. The van der Waals surface area contributed by atoms with Crippen LogP contribution in [0.5, 0.6) is 0 Å². The molecular formula is C15H15Cl2NS. The predicted octanol–water partition coefficient (Wildman–Crippen LogP) is 5.09. The van der Waals surface area contributed by atoms with Crippen molar-refractivity contribution in [3.05, 3.63) is 63.6 Å². The van der Waals surface area contributed by atoms with Crippen molar-refractivity contribution in [1.82, 2.24) is 0 Å². The Bertz CT molecular complexity index is 555. The van der Waals surface area contributed by atoms with E-state index in [-0.39, 0.29) is 6.04 Å². The molecule has 2 N–H and O–H groups in total. The summed E-state index contributed by atoms with van der Waals surface area (Å²) in [4.78, 5) is 1.08. The molecule has 0 bridgehead atoms. The van der Waals surface area contributed by atoms with Gasteiger partial charge in [-0.3, -0.25) is 0 Å². The Morgan fingerprint density at radius 2 is 1.74 bits per heavy atom. The third-order valence-corrected chi connectivity index (χ3v) is 4.68. The summed E-state index contributed by atoms with van der Waals surface area (Å²) in [7, 11) is 0. The smallest absolute Gasteiger partial charge is 0.0603 e. The molecule has 4 heteroatoms. The highest BCUT2D eigenvalue weighted by atomic mass is 35.5. The number of hydrogen-bond acceptors (Lipinski definition) is 2. The zero-order valence-electron chi connectivity index (χ0n) is 10.6. The second kappa shape index (κ2) is 6.67. The van der Waals surface area contributed by atoms with Crippen molar-refractivity contribution in [2.24, 2.45) is 5.73 Å². The van der Waals surface area contributed by atoms with Crippen molar-refractivity contribution in [2.75, 3.05) is 5.75 Å². The van der Waals surface area contributed by atoms with Gasteiger partial charge in [0.05, 0.1) is 10.0 Å². The minimum absolute atomic E-state index is 0.0139. The van der Waals surface area contributed by atoms with Crippen LogP contribution in [0.15, 0.2) is 47.4 Å². The van der Waals surface area contributed by atoms with Crippen LogP contribution in [0.1, 0.15) is 17.2 Å². The summed E-state index contributed by atoms with van der Waals surface area (Å²) in [5.41, 5.74) is 8.58. The maximum absolute atomic E-state index is 6.18. The van der Waals surface area contributed by atoms with Crippen LogP contribution >= 0.6 is 35.0 Å². The molecule has 0 spiro atoms. The van der Waals surface area contributed by atoms with Gasteiger partial charge in [0.15, 0.2) is 0 Å². The van der Waals surface area contributed by atoms with Crippen LogP contribution in [0.4, 0.5) is 0 Å². The molecule has 1 atom stereocenters. The molecule has 0 aromatic heterocycles. The van der Waals surface area contributed by atoms with E-state index in [4.69, 9.17) is 28.9 Å². The van der Waals surface area contributed by atoms with Crippen LogP contribution < -0.4 is 5.73 Å². The molecular weight excluding hydrogens is 297 g/mol. The van der Waals surface area contributed by atoms with Crippen LogP contribution in [0, 0.1) is 6.92 Å². The first-order valence-electron chi connectivity index (χ1n) is 5.96. The van der Waals surface area contributed by atoms with E-state index < -0.39 is 0 Å². The maximum atomic E-state index is 6.18. The second-order valence-electron chi connectivity index (χ2n) is 4.40. The van der Waals surface area contributed by atoms with Gasteiger partial charge < -0.3 is 5.73 Å². The first-order valence-corrected chi connectivity index (χ1v) is 7.70. The van der Waals surface area contributed by atoms with Crippen molar-refractivity contribution in [3.8, 4) is 0 Å². The number of thioether (sulfide) groups is 1. The van der Waals surface area contributed by atoms with Gasteiger partial charge in [0.25, 0.3) is 0 Å². The standard InChI is InChI=1S/C15H15Cl2NS/c1-10-2-4-11(5-3-10)15(18)9-19-12-6-7-13(16)14(17)8-12/h2-8,15H,9,18H2,1H3. The van der Waals surface area contributed by atoms with Crippen molar-refractivity contribution >= 4 is 35.0 Å². The minimum atomic E-state index is 0.0139. The normalized spacial score (nSPS) is 12.4. The van der Waals surface area contributed by atoms with Crippen LogP contribution in [-0.4, -0.2) is 5.75 Å². The largest absolute Gasteiger partial charge is 0.323 e. The Morgan fingerprint density at radius 1 is 1.05 bits per heavy atom. The third kappa shape index (κ3) is 4.15. The number of halogens is 2. The Balaban J connectivity index is 1.98. The predicted molar refractivity (Wildman–Crippen MR) is 85.3 cm³/mol. The van der Waals surface area contributed by atoms with Gasteiger partial charge in [-0.25, -0.2) is 0 Å². The first-order chi connectivity index (χ1) is 9.06. The van der Waals surface area contributed by atoms with E-state index in [0.29, 0.717) is 10.0 Å². The highest BCUT2D eigenvalue weighted by molar-refractivity contribution is 7.99. The molecule has 0 aliphatic heterocycles. The number of benzene rings is 2. The zero-order valence-corrected chi connectivity index (χ0v) is 12.9. The molecule has 2 rings (SSSR count). The van der Waals surface area contributed by atoms with Gasteiger partial charge in [0.1, 0.15) is 0 Å². The summed E-state index contributed by atoms with van der Waals surface area (Å²) in [6, 6.07) is 14.0. The fourth-order valence-electron chi connectivity index (χ4n) is 1.66. The molecule has 19 heavy (non-hydrogen) atoms. The molecule has 0 aliphatic rings. The summed E-state index contributed by atoms with van der Waals surface area (Å²) in [6.45, 7) is 2.07. The molecule has 2 aromatic carbocycles. The summed E-state index contributed by atoms with van der Waals surface area (Å²) < 4.78 is 0. The molecule has 0 saturated heterocycles. The van der Waals surface area contributed by atoms with Crippen LogP contribution in [0.25, 0.3) is 0 Å². The highest BCUT2D eigenvalue weighted by Crippen LogP contribution is 2.29. The number of aryl methyl sites for hydroxylation is 1. The second-order valence-corrected chi connectivity index (χ2v) is 6.31. The Morgan fingerprint density at radius 3 is 2.37 bits per heavy atom. The zero-order chi connectivity index (χ0) is 13.8. The van der Waals surface area contributed by atoms with Gasteiger partial charge in [-0.1, -0.05) is 53.0 Å². The number of hydrogen-bond donors (Lipinski definition) is 1. The fourth-order valence-corrected chi connectivity index (χ4v) is 2.96. The van der Waals surface area contributed by atoms with Crippen molar-refractivity contribution in [2.45, 2.75) is 17.9 Å². The lowest BCUT2D eigenvalue weighted by atomic mass is 10.1. The summed E-state index contributed by atoms with van der Waals surface area (Å²) in [5, 5.41) is 1.16. The summed E-state index contributed by atoms with van der Waals surface area (Å²) in [5.74, 6) is 0.807. The number of rotatable bonds is 4. The molecule has 0 radical (unpaired) electrons. The summed E-state index contributed by atoms with van der Waals surface area (Å²) >= 11 is 13.6. The lowest BCUT2D eigenvalue weighted by Gasteiger charge is -2.12. The molecule has 1 nitrogen and oxygen atoms in total. The van der Waals surface area contributed by atoms with Gasteiger partial charge in [-0.15, -0.1) is 11.8 Å². The average molecular weight is 312 g/mol. The van der Waals surface area contributed by atoms with Crippen LogP contribution in [0.2, 0.25) is 10.0 Å². The number of nitrogens with two attached hydrogens (primary N) is 1. The molecule has 0 heterocycles. The van der Waals surface area contributed by atoms with E-state index in [1.165, 1.54) is 5.56 Å². The van der Waals surface area contributed by atoms with E-state index in [1.54, 1.807) is 11.8 Å². The molecule has 0 saturated carbocycles. The Hall–Kier alpha value is -0.670. The molecule has 100 valence electrons. The Kier molecular flexibility index (Phi) is 5.17. The van der Waals surface area contributed by atoms with Gasteiger partial charge >= 0.3 is 0 Å². The van der Waals surface area contributed by atoms with E-state index in [1.807, 2.05) is 18.2 Å². The van der Waals surface area contributed by atoms with Crippen LogP contribution in [-0.2, 0) is 0 Å². The van der Waals surface area contributed by atoms with E-state index >= 15 is 0 Å². The quantitative estimate of drug-likeness (QED) is 0.795. The third-order valence-electron chi connectivity index (χ3n) is 2.83. The first kappa shape index (κ1) is 14.7. The van der Waals surface area contributed by atoms with Crippen LogP contribution in [0.3, 0.4) is 0 Å². The van der Waals surface area contributed by atoms with Crippen molar-refractivity contribution < 1.29 is 0 Å². The molecule has 0 amide bonds. The van der Waals surface area contributed by atoms with Gasteiger partial charge in [-0.2, -0.15) is 0 Å². The minimum Gasteiger partial charge on any atom is -0.323 e. The van der Waals surface area contributed by atoms with Gasteiger partial charge in [-0.05, 0) is 30.7 Å². The SMILES string of the molecule is Cc1ccc(C(N)CSc2ccc(Cl)c(Cl)c2)cc1. The van der Waals surface area contributed by atoms with Crippen molar-refractivity contribution in [3.63, 3.8) is 0 Å². The molecule has 2 aromatic rings. The van der Waals surface area contributed by atoms with Gasteiger partial charge in [0.2, 0.25) is 0 Å². The van der Waals surface area contributed by atoms with E-state index in [2.05, 4.69) is 31.2 Å². The lowest BCUT2D eigenvalue weighted by molar-refractivity contribution is 0.831. The molecule has 1 unspecified atom stereocenters. The average Bonchev–Trinajstić information content (AvgIpc) is 2.40. The topological polar surface area (TPSA) is 26.0 Å². The Labute approximate surface area is 128 Å². The highest BCUT2D eigenvalue weighted by Gasteiger charge is 2.07. The lowest BCUT2D eigenvalue weighted by Crippen LogP contribution is -2.12. The van der Waals surface area contributed by atoms with Crippen molar-refractivity contribution in [1.29, 1.82) is 0 Å². The van der Waals surface area contributed by atoms with E-state index in [9.17, 15) is 0 Å². The van der Waals surface area contributed by atoms with E-state index in [0.717, 1.165) is 16.2 Å². The fraction of sp³-hybridized carbons (Fsp3) is 0.200.